The van der Waals surface area contributed by atoms with Gasteiger partial charge in [0.15, 0.2) is 0 Å². The molecule has 1 aromatic rings. The number of carbonyl (C=O) groups excluding carboxylic acids is 1. The van der Waals surface area contributed by atoms with E-state index >= 15 is 0 Å². The lowest BCUT2D eigenvalue weighted by Crippen LogP contribution is -2.15. The lowest BCUT2D eigenvalue weighted by atomic mass is 10.1. The summed E-state index contributed by atoms with van der Waals surface area (Å²) < 4.78 is 10.5. The van der Waals surface area contributed by atoms with Gasteiger partial charge >= 0.3 is 5.97 Å². The topological polar surface area (TPSA) is 61.6 Å². The van der Waals surface area contributed by atoms with Crippen LogP contribution >= 0.6 is 0 Å². The van der Waals surface area contributed by atoms with Crippen LogP contribution in [0, 0.1) is 12.8 Å². The zero-order valence-corrected chi connectivity index (χ0v) is 9.94. The molecule has 0 radical (unpaired) electrons. The molecule has 17 heavy (non-hydrogen) atoms. The molecule has 0 saturated carbocycles. The molecule has 2 N–H and O–H groups in total. The summed E-state index contributed by atoms with van der Waals surface area (Å²) in [5, 5.41) is 0. The van der Waals surface area contributed by atoms with Crippen LogP contribution < -0.4 is 5.73 Å². The zero-order valence-electron chi connectivity index (χ0n) is 9.94. The first-order valence-corrected chi connectivity index (χ1v) is 5.78. The van der Waals surface area contributed by atoms with E-state index < -0.39 is 0 Å². The van der Waals surface area contributed by atoms with E-state index in [2.05, 4.69) is 0 Å². The summed E-state index contributed by atoms with van der Waals surface area (Å²) in [5.74, 6) is 0.0296. The van der Waals surface area contributed by atoms with Crippen LogP contribution in [0.25, 0.3) is 0 Å². The number of aryl methyl sites for hydroxylation is 1. The number of ether oxygens (including phenoxy) is 2. The van der Waals surface area contributed by atoms with Crippen molar-refractivity contribution in [3.8, 4) is 0 Å². The molecule has 0 amide bonds. The predicted molar refractivity (Wildman–Crippen MR) is 64.8 cm³/mol. The summed E-state index contributed by atoms with van der Waals surface area (Å²) >= 11 is 0. The van der Waals surface area contributed by atoms with E-state index in [1.165, 1.54) is 0 Å². The Labute approximate surface area is 101 Å². The Bertz CT molecular complexity index is 411. The van der Waals surface area contributed by atoms with Crippen molar-refractivity contribution < 1.29 is 14.3 Å². The second-order valence-corrected chi connectivity index (χ2v) is 4.40. The van der Waals surface area contributed by atoms with Crippen molar-refractivity contribution in [1.82, 2.24) is 0 Å². The molecule has 0 bridgehead atoms. The maximum atomic E-state index is 11.9. The Hall–Kier alpha value is -1.55. The maximum Gasteiger partial charge on any atom is 0.338 e. The van der Waals surface area contributed by atoms with Gasteiger partial charge in [-0.05, 0) is 31.0 Å². The SMILES string of the molecule is Cc1ccc(N)cc1C(=O)OCC1CCOC1. The Morgan fingerprint density at radius 1 is 1.59 bits per heavy atom. The summed E-state index contributed by atoms with van der Waals surface area (Å²) in [4.78, 5) is 11.9. The molecule has 0 aromatic heterocycles. The summed E-state index contributed by atoms with van der Waals surface area (Å²) in [7, 11) is 0. The minimum atomic E-state index is -0.304. The van der Waals surface area contributed by atoms with E-state index in [0.29, 0.717) is 30.4 Å². The van der Waals surface area contributed by atoms with Gasteiger partial charge < -0.3 is 15.2 Å². The lowest BCUT2D eigenvalue weighted by molar-refractivity contribution is 0.0427. The zero-order chi connectivity index (χ0) is 12.3. The van der Waals surface area contributed by atoms with Gasteiger partial charge in [0.1, 0.15) is 0 Å². The minimum absolute atomic E-state index is 0.304. The van der Waals surface area contributed by atoms with Crippen LogP contribution in [0.4, 0.5) is 5.69 Å². The van der Waals surface area contributed by atoms with Crippen LogP contribution in [-0.2, 0) is 9.47 Å². The highest BCUT2D eigenvalue weighted by Gasteiger charge is 2.18. The Morgan fingerprint density at radius 3 is 3.12 bits per heavy atom. The Morgan fingerprint density at radius 2 is 2.41 bits per heavy atom. The molecule has 1 unspecified atom stereocenters. The number of hydrogen-bond acceptors (Lipinski definition) is 4. The molecule has 1 aliphatic rings. The van der Waals surface area contributed by atoms with E-state index in [9.17, 15) is 4.79 Å². The van der Waals surface area contributed by atoms with Gasteiger partial charge in [-0.1, -0.05) is 6.07 Å². The second kappa shape index (κ2) is 5.19. The quantitative estimate of drug-likeness (QED) is 0.640. The maximum absolute atomic E-state index is 11.9. The van der Waals surface area contributed by atoms with Crippen LogP contribution in [0.1, 0.15) is 22.3 Å². The molecule has 4 nitrogen and oxygen atoms in total. The van der Waals surface area contributed by atoms with Crippen molar-refractivity contribution in [1.29, 1.82) is 0 Å². The van der Waals surface area contributed by atoms with E-state index in [0.717, 1.165) is 18.6 Å². The van der Waals surface area contributed by atoms with Crippen molar-refractivity contribution in [3.63, 3.8) is 0 Å². The number of benzene rings is 1. The van der Waals surface area contributed by atoms with Gasteiger partial charge in [0, 0.05) is 18.2 Å². The van der Waals surface area contributed by atoms with Gasteiger partial charge in [-0.3, -0.25) is 0 Å². The van der Waals surface area contributed by atoms with Crippen LogP contribution in [0.2, 0.25) is 0 Å². The Kier molecular flexibility index (Phi) is 3.64. The molecule has 0 aliphatic carbocycles. The van der Waals surface area contributed by atoms with Gasteiger partial charge in [0.25, 0.3) is 0 Å². The second-order valence-electron chi connectivity index (χ2n) is 4.40. The molecule has 1 saturated heterocycles. The molecule has 1 aromatic carbocycles. The monoisotopic (exact) mass is 235 g/mol. The molecule has 92 valence electrons. The van der Waals surface area contributed by atoms with Crippen LogP contribution in [0.5, 0.6) is 0 Å². The number of anilines is 1. The normalized spacial score (nSPS) is 19.2. The van der Waals surface area contributed by atoms with Crippen LogP contribution in [0.15, 0.2) is 18.2 Å². The fourth-order valence-corrected chi connectivity index (χ4v) is 1.85. The molecule has 1 heterocycles. The largest absolute Gasteiger partial charge is 0.462 e. The van der Waals surface area contributed by atoms with E-state index in [4.69, 9.17) is 15.2 Å². The first-order chi connectivity index (χ1) is 8.16. The number of nitrogens with two attached hydrogens (primary N) is 1. The first-order valence-electron chi connectivity index (χ1n) is 5.78. The average Bonchev–Trinajstić information content (AvgIpc) is 2.82. The standard InChI is InChI=1S/C13H17NO3/c1-9-2-3-11(14)6-12(9)13(15)17-8-10-4-5-16-7-10/h2-3,6,10H,4-5,7-8,14H2,1H3. The first kappa shape index (κ1) is 11.9. The highest BCUT2D eigenvalue weighted by atomic mass is 16.5. The van der Waals surface area contributed by atoms with Gasteiger partial charge in [-0.25, -0.2) is 4.79 Å². The predicted octanol–water partition coefficient (Wildman–Crippen LogP) is 1.77. The molecule has 1 fully saturated rings. The number of esters is 1. The average molecular weight is 235 g/mol. The van der Waals surface area contributed by atoms with Crippen molar-refractivity contribution >= 4 is 11.7 Å². The van der Waals surface area contributed by atoms with E-state index in [1.807, 2.05) is 13.0 Å². The van der Waals surface area contributed by atoms with Gasteiger partial charge in [-0.2, -0.15) is 0 Å². The fourth-order valence-electron chi connectivity index (χ4n) is 1.85. The van der Waals surface area contributed by atoms with E-state index in [1.54, 1.807) is 12.1 Å². The molecular weight excluding hydrogens is 218 g/mol. The summed E-state index contributed by atoms with van der Waals surface area (Å²) in [6.45, 7) is 3.74. The molecule has 4 heteroatoms. The third-order valence-corrected chi connectivity index (χ3v) is 2.96. The smallest absolute Gasteiger partial charge is 0.338 e. The molecule has 2 rings (SSSR count). The molecule has 1 atom stereocenters. The van der Waals surface area contributed by atoms with Crippen molar-refractivity contribution in [2.45, 2.75) is 13.3 Å². The van der Waals surface area contributed by atoms with Crippen LogP contribution in [0.3, 0.4) is 0 Å². The highest BCUT2D eigenvalue weighted by molar-refractivity contribution is 5.92. The number of hydrogen-bond donors (Lipinski definition) is 1. The van der Waals surface area contributed by atoms with Crippen LogP contribution in [-0.4, -0.2) is 25.8 Å². The van der Waals surface area contributed by atoms with Crippen molar-refractivity contribution in [2.75, 3.05) is 25.6 Å². The minimum Gasteiger partial charge on any atom is -0.462 e. The van der Waals surface area contributed by atoms with Crippen molar-refractivity contribution in [3.05, 3.63) is 29.3 Å². The molecule has 0 spiro atoms. The molecular formula is C13H17NO3. The van der Waals surface area contributed by atoms with Gasteiger partial charge in [0.05, 0.1) is 18.8 Å². The highest BCUT2D eigenvalue weighted by Crippen LogP contribution is 2.16. The van der Waals surface area contributed by atoms with Gasteiger partial charge in [0.2, 0.25) is 0 Å². The third-order valence-electron chi connectivity index (χ3n) is 2.96. The third kappa shape index (κ3) is 2.97. The van der Waals surface area contributed by atoms with Crippen molar-refractivity contribution in [2.24, 2.45) is 5.92 Å². The summed E-state index contributed by atoms with van der Waals surface area (Å²) in [5.41, 5.74) is 7.66. The summed E-state index contributed by atoms with van der Waals surface area (Å²) in [6, 6.07) is 5.25. The van der Waals surface area contributed by atoms with Gasteiger partial charge in [-0.15, -0.1) is 0 Å². The van der Waals surface area contributed by atoms with E-state index in [-0.39, 0.29) is 5.97 Å². The summed E-state index contributed by atoms with van der Waals surface area (Å²) in [6.07, 6.45) is 0.961. The lowest BCUT2D eigenvalue weighted by Gasteiger charge is -2.10. The molecule has 1 aliphatic heterocycles. The fraction of sp³-hybridized carbons (Fsp3) is 0.462. The number of nitrogen functional groups attached to an aromatic ring is 1. The Balaban J connectivity index is 1.96. The number of rotatable bonds is 3. The number of carbonyl (C=O) groups is 1.